The molecule has 0 aliphatic heterocycles. The Bertz CT molecular complexity index is 563. The van der Waals surface area contributed by atoms with E-state index >= 15 is 0 Å². The summed E-state index contributed by atoms with van der Waals surface area (Å²) in [7, 11) is 1.69. The second kappa shape index (κ2) is 4.37. The zero-order valence-corrected chi connectivity index (χ0v) is 9.08. The maximum absolute atomic E-state index is 13.3. The molecule has 1 amide bonds. The molecule has 0 fully saturated rings. The Morgan fingerprint density at radius 3 is 2.71 bits per heavy atom. The number of carbonyl (C=O) groups excluding carboxylic acids is 1. The van der Waals surface area contributed by atoms with Gasteiger partial charge >= 0.3 is 0 Å². The third-order valence-electron chi connectivity index (χ3n) is 2.35. The Morgan fingerprint density at radius 2 is 2.06 bits per heavy atom. The van der Waals surface area contributed by atoms with Crippen LogP contribution in [0.4, 0.5) is 14.5 Å². The summed E-state index contributed by atoms with van der Waals surface area (Å²) in [6.07, 6.45) is 1.69. The summed E-state index contributed by atoms with van der Waals surface area (Å²) in [6.45, 7) is 0. The van der Waals surface area contributed by atoms with Gasteiger partial charge in [-0.2, -0.15) is 0 Å². The molecule has 1 heterocycles. The molecule has 3 nitrogen and oxygen atoms in total. The van der Waals surface area contributed by atoms with E-state index in [1.165, 1.54) is 0 Å². The first-order chi connectivity index (χ1) is 8.08. The van der Waals surface area contributed by atoms with Crippen molar-refractivity contribution in [2.45, 2.75) is 0 Å². The Kier molecular flexibility index (Phi) is 2.91. The number of rotatable bonds is 2. The summed E-state index contributed by atoms with van der Waals surface area (Å²) in [5.74, 6) is -1.76. The SMILES string of the molecule is Cn1cccc1C(=O)Nc1cc(F)ccc1F. The fourth-order valence-electron chi connectivity index (χ4n) is 1.48. The van der Waals surface area contributed by atoms with Crippen LogP contribution in [0.15, 0.2) is 36.5 Å². The van der Waals surface area contributed by atoms with Crippen molar-refractivity contribution < 1.29 is 13.6 Å². The van der Waals surface area contributed by atoms with Crippen LogP contribution in [-0.4, -0.2) is 10.5 Å². The lowest BCUT2D eigenvalue weighted by molar-refractivity contribution is 0.101. The smallest absolute Gasteiger partial charge is 0.272 e. The van der Waals surface area contributed by atoms with E-state index in [1.807, 2.05) is 0 Å². The fourth-order valence-corrected chi connectivity index (χ4v) is 1.48. The average Bonchev–Trinajstić information content (AvgIpc) is 2.70. The number of nitrogens with zero attached hydrogens (tertiary/aromatic N) is 1. The molecule has 2 aromatic rings. The molecule has 88 valence electrons. The van der Waals surface area contributed by atoms with E-state index in [-0.39, 0.29) is 5.69 Å². The minimum Gasteiger partial charge on any atom is -0.347 e. The Hall–Kier alpha value is -2.17. The first-order valence-electron chi connectivity index (χ1n) is 4.95. The van der Waals surface area contributed by atoms with Gasteiger partial charge in [-0.05, 0) is 24.3 Å². The van der Waals surface area contributed by atoms with Gasteiger partial charge in [0.15, 0.2) is 0 Å². The highest BCUT2D eigenvalue weighted by atomic mass is 19.1. The molecule has 0 saturated carbocycles. The van der Waals surface area contributed by atoms with Crippen molar-refractivity contribution in [1.29, 1.82) is 0 Å². The van der Waals surface area contributed by atoms with Crippen molar-refractivity contribution in [1.82, 2.24) is 4.57 Å². The number of aryl methyl sites for hydroxylation is 1. The molecule has 0 atom stereocenters. The van der Waals surface area contributed by atoms with Gasteiger partial charge in [-0.3, -0.25) is 4.79 Å². The van der Waals surface area contributed by atoms with Crippen LogP contribution in [0.25, 0.3) is 0 Å². The Labute approximate surface area is 96.7 Å². The number of amides is 1. The monoisotopic (exact) mass is 236 g/mol. The van der Waals surface area contributed by atoms with Gasteiger partial charge in [0.25, 0.3) is 5.91 Å². The van der Waals surface area contributed by atoms with Crippen molar-refractivity contribution >= 4 is 11.6 Å². The van der Waals surface area contributed by atoms with Crippen molar-refractivity contribution in [2.75, 3.05) is 5.32 Å². The lowest BCUT2D eigenvalue weighted by atomic mass is 10.3. The van der Waals surface area contributed by atoms with E-state index in [2.05, 4.69) is 5.32 Å². The van der Waals surface area contributed by atoms with Crippen LogP contribution < -0.4 is 5.32 Å². The highest BCUT2D eigenvalue weighted by molar-refractivity contribution is 6.03. The number of benzene rings is 1. The molecule has 5 heteroatoms. The van der Waals surface area contributed by atoms with Crippen LogP contribution in [-0.2, 0) is 7.05 Å². The largest absolute Gasteiger partial charge is 0.347 e. The first kappa shape index (κ1) is 11.3. The van der Waals surface area contributed by atoms with E-state index in [0.717, 1.165) is 18.2 Å². The first-order valence-corrected chi connectivity index (χ1v) is 4.95. The van der Waals surface area contributed by atoms with Crippen LogP contribution in [0, 0.1) is 11.6 Å². The number of aromatic nitrogens is 1. The normalized spacial score (nSPS) is 10.3. The minimum atomic E-state index is -0.672. The lowest BCUT2D eigenvalue weighted by Crippen LogP contribution is -2.16. The summed E-state index contributed by atoms with van der Waals surface area (Å²) < 4.78 is 27.8. The molecule has 1 N–H and O–H groups in total. The molecule has 0 spiro atoms. The zero-order chi connectivity index (χ0) is 12.4. The molecule has 0 aliphatic carbocycles. The van der Waals surface area contributed by atoms with Gasteiger partial charge in [-0.1, -0.05) is 0 Å². The third-order valence-corrected chi connectivity index (χ3v) is 2.35. The molecule has 2 rings (SSSR count). The van der Waals surface area contributed by atoms with E-state index < -0.39 is 17.5 Å². The topological polar surface area (TPSA) is 34.0 Å². The van der Waals surface area contributed by atoms with Crippen molar-refractivity contribution in [3.63, 3.8) is 0 Å². The summed E-state index contributed by atoms with van der Waals surface area (Å²) in [4.78, 5) is 11.7. The van der Waals surface area contributed by atoms with Gasteiger partial charge in [0.2, 0.25) is 0 Å². The standard InChI is InChI=1S/C12H10F2N2O/c1-16-6-2-3-11(16)12(17)15-10-7-8(13)4-5-9(10)14/h2-7H,1H3,(H,15,17). The summed E-state index contributed by atoms with van der Waals surface area (Å²) in [5.41, 5.74) is 0.199. The number of carbonyl (C=O) groups is 1. The van der Waals surface area contributed by atoms with E-state index in [1.54, 1.807) is 29.9 Å². The molecule has 17 heavy (non-hydrogen) atoms. The van der Waals surface area contributed by atoms with Gasteiger partial charge in [0.1, 0.15) is 17.3 Å². The molecule has 0 unspecified atom stereocenters. The predicted octanol–water partition coefficient (Wildman–Crippen LogP) is 2.56. The van der Waals surface area contributed by atoms with Crippen LogP contribution in [0.5, 0.6) is 0 Å². The lowest BCUT2D eigenvalue weighted by Gasteiger charge is -2.07. The minimum absolute atomic E-state index is 0.170. The van der Waals surface area contributed by atoms with E-state index in [9.17, 15) is 13.6 Å². The molecule has 1 aromatic heterocycles. The van der Waals surface area contributed by atoms with Gasteiger partial charge in [-0.15, -0.1) is 0 Å². The van der Waals surface area contributed by atoms with Crippen molar-refractivity contribution in [3.05, 3.63) is 53.9 Å². The number of hydrogen-bond donors (Lipinski definition) is 1. The fraction of sp³-hybridized carbons (Fsp3) is 0.0833. The second-order valence-corrected chi connectivity index (χ2v) is 3.58. The number of anilines is 1. The molecule has 1 aromatic carbocycles. The van der Waals surface area contributed by atoms with Gasteiger partial charge in [0.05, 0.1) is 5.69 Å². The molecule has 0 radical (unpaired) electrons. The molecule has 0 bridgehead atoms. The highest BCUT2D eigenvalue weighted by Gasteiger charge is 2.12. The maximum atomic E-state index is 13.3. The van der Waals surface area contributed by atoms with Crippen molar-refractivity contribution in [2.24, 2.45) is 7.05 Å². The van der Waals surface area contributed by atoms with Gasteiger partial charge in [0, 0.05) is 19.3 Å². The predicted molar refractivity (Wildman–Crippen MR) is 59.7 cm³/mol. The maximum Gasteiger partial charge on any atom is 0.272 e. The van der Waals surface area contributed by atoms with Crippen LogP contribution in [0.1, 0.15) is 10.5 Å². The van der Waals surface area contributed by atoms with E-state index in [4.69, 9.17) is 0 Å². The molecular weight excluding hydrogens is 226 g/mol. The van der Waals surface area contributed by atoms with Crippen LogP contribution in [0.2, 0.25) is 0 Å². The average molecular weight is 236 g/mol. The summed E-state index contributed by atoms with van der Waals surface area (Å²) in [6, 6.07) is 6.18. The summed E-state index contributed by atoms with van der Waals surface area (Å²) in [5, 5.41) is 2.32. The molecule has 0 saturated heterocycles. The number of hydrogen-bond acceptors (Lipinski definition) is 1. The quantitative estimate of drug-likeness (QED) is 0.854. The molecule has 0 aliphatic rings. The Balaban J connectivity index is 2.24. The van der Waals surface area contributed by atoms with E-state index in [0.29, 0.717) is 5.69 Å². The number of nitrogens with one attached hydrogen (secondary N) is 1. The highest BCUT2D eigenvalue weighted by Crippen LogP contribution is 2.16. The second-order valence-electron chi connectivity index (χ2n) is 3.58. The molecular formula is C12H10F2N2O. The third kappa shape index (κ3) is 2.33. The van der Waals surface area contributed by atoms with Crippen LogP contribution in [0.3, 0.4) is 0 Å². The summed E-state index contributed by atoms with van der Waals surface area (Å²) >= 11 is 0. The zero-order valence-electron chi connectivity index (χ0n) is 9.08. The van der Waals surface area contributed by atoms with Crippen LogP contribution >= 0.6 is 0 Å². The van der Waals surface area contributed by atoms with Gasteiger partial charge < -0.3 is 9.88 Å². The Morgan fingerprint density at radius 1 is 1.29 bits per heavy atom. The number of halogens is 2. The van der Waals surface area contributed by atoms with Crippen molar-refractivity contribution in [3.8, 4) is 0 Å². The van der Waals surface area contributed by atoms with Gasteiger partial charge in [-0.25, -0.2) is 8.78 Å².